The molecule has 3 aromatic rings. The maximum Gasteiger partial charge on any atom is 0.326 e. The maximum absolute atomic E-state index is 12.6. The summed E-state index contributed by atoms with van der Waals surface area (Å²) in [6.07, 6.45) is 0.131. The molecule has 0 fully saturated rings. The molecule has 3 aromatic carbocycles. The van der Waals surface area contributed by atoms with Crippen LogP contribution in [0.4, 0.5) is 0 Å². The van der Waals surface area contributed by atoms with E-state index in [9.17, 15) is 19.8 Å². The number of fused-ring (bicyclic) bond motifs is 1. The summed E-state index contributed by atoms with van der Waals surface area (Å²) in [6, 6.07) is 18.0. The molecular formula is C20H17NO4. The van der Waals surface area contributed by atoms with Gasteiger partial charge in [-0.05, 0) is 34.5 Å². The van der Waals surface area contributed by atoms with E-state index in [4.69, 9.17) is 0 Å². The van der Waals surface area contributed by atoms with Crippen molar-refractivity contribution in [2.45, 2.75) is 12.5 Å². The van der Waals surface area contributed by atoms with E-state index >= 15 is 0 Å². The Bertz CT molecular complexity index is 913. The van der Waals surface area contributed by atoms with Crippen molar-refractivity contribution in [1.82, 2.24) is 5.32 Å². The predicted octanol–water partition coefficient (Wildman–Crippen LogP) is 2.97. The fourth-order valence-corrected chi connectivity index (χ4v) is 2.73. The van der Waals surface area contributed by atoms with Crippen LogP contribution < -0.4 is 5.32 Å². The molecule has 0 aromatic heterocycles. The average Bonchev–Trinajstić information content (AvgIpc) is 2.62. The van der Waals surface area contributed by atoms with Gasteiger partial charge >= 0.3 is 5.97 Å². The number of benzene rings is 3. The minimum atomic E-state index is -1.11. The second-order valence-corrected chi connectivity index (χ2v) is 5.76. The van der Waals surface area contributed by atoms with E-state index < -0.39 is 17.9 Å². The van der Waals surface area contributed by atoms with Crippen LogP contribution in [0.3, 0.4) is 0 Å². The molecule has 1 unspecified atom stereocenters. The number of hydrogen-bond donors (Lipinski definition) is 3. The Morgan fingerprint density at radius 2 is 1.60 bits per heavy atom. The monoisotopic (exact) mass is 335 g/mol. The van der Waals surface area contributed by atoms with Gasteiger partial charge in [0.2, 0.25) is 0 Å². The molecule has 1 amide bonds. The third kappa shape index (κ3) is 3.77. The van der Waals surface area contributed by atoms with Crippen molar-refractivity contribution in [2.24, 2.45) is 0 Å². The summed E-state index contributed by atoms with van der Waals surface area (Å²) in [5.41, 5.74) is 1.15. The number of carbonyl (C=O) groups excluding carboxylic acids is 1. The highest BCUT2D eigenvalue weighted by Crippen LogP contribution is 2.19. The largest absolute Gasteiger partial charge is 0.508 e. The van der Waals surface area contributed by atoms with Gasteiger partial charge in [0.15, 0.2) is 0 Å². The number of carbonyl (C=O) groups is 2. The fourth-order valence-electron chi connectivity index (χ4n) is 2.73. The molecule has 5 nitrogen and oxygen atoms in total. The number of amides is 1. The van der Waals surface area contributed by atoms with Gasteiger partial charge in [-0.15, -0.1) is 0 Å². The molecule has 0 aliphatic heterocycles. The molecule has 0 saturated carbocycles. The lowest BCUT2D eigenvalue weighted by Crippen LogP contribution is -2.42. The number of phenolic OH excluding ortho intramolecular Hbond substituents is 1. The zero-order chi connectivity index (χ0) is 17.8. The van der Waals surface area contributed by atoms with Crippen LogP contribution in [0.2, 0.25) is 0 Å². The SMILES string of the molecule is O=C(NC(Cc1ccc(O)cc1)C(=O)O)c1cccc2ccccc12. The van der Waals surface area contributed by atoms with Gasteiger partial charge in [0.1, 0.15) is 11.8 Å². The van der Waals surface area contributed by atoms with Crippen LogP contribution in [0.15, 0.2) is 66.7 Å². The first-order valence-corrected chi connectivity index (χ1v) is 7.84. The van der Waals surface area contributed by atoms with Crippen molar-refractivity contribution in [3.8, 4) is 5.75 Å². The fraction of sp³-hybridized carbons (Fsp3) is 0.100. The van der Waals surface area contributed by atoms with Crippen molar-refractivity contribution in [1.29, 1.82) is 0 Å². The average molecular weight is 335 g/mol. The highest BCUT2D eigenvalue weighted by molar-refractivity contribution is 6.07. The number of carboxylic acid groups (broad SMARTS) is 1. The van der Waals surface area contributed by atoms with Crippen molar-refractivity contribution >= 4 is 22.6 Å². The first-order valence-electron chi connectivity index (χ1n) is 7.84. The Morgan fingerprint density at radius 1 is 0.920 bits per heavy atom. The molecule has 25 heavy (non-hydrogen) atoms. The summed E-state index contributed by atoms with van der Waals surface area (Å²) in [5.74, 6) is -1.43. The van der Waals surface area contributed by atoms with Crippen LogP contribution in [0, 0.1) is 0 Å². The molecule has 0 heterocycles. The lowest BCUT2D eigenvalue weighted by Gasteiger charge is -2.15. The Balaban J connectivity index is 1.83. The summed E-state index contributed by atoms with van der Waals surface area (Å²) < 4.78 is 0. The first kappa shape index (κ1) is 16.5. The van der Waals surface area contributed by atoms with Crippen LogP contribution in [-0.4, -0.2) is 28.1 Å². The van der Waals surface area contributed by atoms with Crippen molar-refractivity contribution in [3.63, 3.8) is 0 Å². The Hall–Kier alpha value is -3.34. The number of rotatable bonds is 5. The number of hydrogen-bond acceptors (Lipinski definition) is 3. The van der Waals surface area contributed by atoms with Crippen LogP contribution in [-0.2, 0) is 11.2 Å². The lowest BCUT2D eigenvalue weighted by molar-refractivity contribution is -0.139. The third-order valence-electron chi connectivity index (χ3n) is 4.01. The molecule has 5 heteroatoms. The van der Waals surface area contributed by atoms with Crippen LogP contribution in [0.5, 0.6) is 5.75 Å². The van der Waals surface area contributed by atoms with E-state index in [1.807, 2.05) is 30.3 Å². The zero-order valence-corrected chi connectivity index (χ0v) is 13.3. The minimum absolute atomic E-state index is 0.107. The molecule has 0 saturated heterocycles. The number of aliphatic carboxylic acids is 1. The molecule has 126 valence electrons. The van der Waals surface area contributed by atoms with Gasteiger partial charge in [-0.25, -0.2) is 4.79 Å². The van der Waals surface area contributed by atoms with Crippen molar-refractivity contribution in [3.05, 3.63) is 77.9 Å². The van der Waals surface area contributed by atoms with Crippen LogP contribution >= 0.6 is 0 Å². The third-order valence-corrected chi connectivity index (χ3v) is 4.01. The van der Waals surface area contributed by atoms with E-state index in [-0.39, 0.29) is 12.2 Å². The Morgan fingerprint density at radius 3 is 2.32 bits per heavy atom. The topological polar surface area (TPSA) is 86.6 Å². The predicted molar refractivity (Wildman–Crippen MR) is 94.6 cm³/mol. The number of aromatic hydroxyl groups is 1. The summed E-state index contributed by atoms with van der Waals surface area (Å²) in [4.78, 5) is 24.1. The minimum Gasteiger partial charge on any atom is -0.508 e. The van der Waals surface area contributed by atoms with Gasteiger partial charge in [-0.2, -0.15) is 0 Å². The molecule has 0 aliphatic rings. The molecule has 0 aliphatic carbocycles. The summed E-state index contributed by atoms with van der Waals surface area (Å²) >= 11 is 0. The molecular weight excluding hydrogens is 318 g/mol. The standard InChI is InChI=1S/C20H17NO4/c22-15-10-8-13(9-11-15)12-18(20(24)25)21-19(23)17-7-3-5-14-4-1-2-6-16(14)17/h1-11,18,22H,12H2,(H,21,23)(H,24,25). The second kappa shape index (κ2) is 7.05. The van der Waals surface area contributed by atoms with Gasteiger partial charge in [-0.1, -0.05) is 48.5 Å². The highest BCUT2D eigenvalue weighted by Gasteiger charge is 2.22. The van der Waals surface area contributed by atoms with E-state index in [2.05, 4.69) is 5.32 Å². The van der Waals surface area contributed by atoms with Crippen LogP contribution in [0.25, 0.3) is 10.8 Å². The van der Waals surface area contributed by atoms with Gasteiger partial charge in [0.25, 0.3) is 5.91 Å². The number of phenols is 1. The highest BCUT2D eigenvalue weighted by atomic mass is 16.4. The molecule has 1 atom stereocenters. The second-order valence-electron chi connectivity index (χ2n) is 5.76. The van der Waals surface area contributed by atoms with Gasteiger partial charge < -0.3 is 15.5 Å². The van der Waals surface area contributed by atoms with Crippen LogP contribution in [0.1, 0.15) is 15.9 Å². The van der Waals surface area contributed by atoms with E-state index in [0.29, 0.717) is 11.1 Å². The number of nitrogens with one attached hydrogen (secondary N) is 1. The Labute approximate surface area is 144 Å². The molecule has 3 N–H and O–H groups in total. The van der Waals surface area contributed by atoms with Gasteiger partial charge in [0, 0.05) is 12.0 Å². The summed E-state index contributed by atoms with van der Waals surface area (Å²) in [6.45, 7) is 0. The normalized spacial score (nSPS) is 11.8. The maximum atomic E-state index is 12.6. The quantitative estimate of drug-likeness (QED) is 0.669. The first-order chi connectivity index (χ1) is 12.0. The van der Waals surface area contributed by atoms with Crippen molar-refractivity contribution in [2.75, 3.05) is 0 Å². The van der Waals surface area contributed by atoms with E-state index in [1.165, 1.54) is 12.1 Å². The van der Waals surface area contributed by atoms with E-state index in [0.717, 1.165) is 10.8 Å². The van der Waals surface area contributed by atoms with Gasteiger partial charge in [-0.3, -0.25) is 4.79 Å². The van der Waals surface area contributed by atoms with E-state index in [1.54, 1.807) is 24.3 Å². The van der Waals surface area contributed by atoms with Crippen molar-refractivity contribution < 1.29 is 19.8 Å². The molecule has 0 bridgehead atoms. The smallest absolute Gasteiger partial charge is 0.326 e. The summed E-state index contributed by atoms with van der Waals surface area (Å²) in [5, 5.41) is 23.0. The number of carboxylic acids is 1. The molecule has 0 radical (unpaired) electrons. The lowest BCUT2D eigenvalue weighted by atomic mass is 10.0. The van der Waals surface area contributed by atoms with Gasteiger partial charge in [0.05, 0.1) is 0 Å². The molecule has 0 spiro atoms. The Kier molecular flexibility index (Phi) is 4.66. The summed E-state index contributed by atoms with van der Waals surface area (Å²) in [7, 11) is 0. The zero-order valence-electron chi connectivity index (χ0n) is 13.3. The molecule has 3 rings (SSSR count).